The molecule has 6 rings (SSSR count). The second kappa shape index (κ2) is 6.93. The lowest BCUT2D eigenvalue weighted by Crippen LogP contribution is -2.30. The number of aliphatic hydroxyl groups is 1. The van der Waals surface area contributed by atoms with Crippen molar-refractivity contribution in [2.75, 3.05) is 4.90 Å². The largest absolute Gasteiger partial charge is 0.503 e. The number of para-hydroxylation sites is 2. The van der Waals surface area contributed by atoms with Crippen molar-refractivity contribution in [2.45, 2.75) is 6.04 Å². The lowest BCUT2D eigenvalue weighted by molar-refractivity contribution is -0.117. The van der Waals surface area contributed by atoms with E-state index in [1.54, 1.807) is 30.3 Å². The Balaban J connectivity index is 1.50. The van der Waals surface area contributed by atoms with Crippen molar-refractivity contribution in [1.82, 2.24) is 4.98 Å². The van der Waals surface area contributed by atoms with Gasteiger partial charge in [0.1, 0.15) is 17.4 Å². The van der Waals surface area contributed by atoms with E-state index in [2.05, 4.69) is 4.98 Å². The smallest absolute Gasteiger partial charge is 0.296 e. The average molecular weight is 442 g/mol. The van der Waals surface area contributed by atoms with Crippen LogP contribution in [0.2, 0.25) is 0 Å². The van der Waals surface area contributed by atoms with Crippen LogP contribution in [0.15, 0.2) is 93.2 Å². The molecule has 0 fully saturated rings. The number of anilines is 1. The van der Waals surface area contributed by atoms with Gasteiger partial charge in [0.15, 0.2) is 16.7 Å². The number of thiazole rings is 1. The van der Waals surface area contributed by atoms with Crippen LogP contribution in [0.5, 0.6) is 0 Å². The summed E-state index contributed by atoms with van der Waals surface area (Å²) >= 11 is 1.29. The maximum Gasteiger partial charge on any atom is 0.296 e. The Kier molecular flexibility index (Phi) is 4.02. The maximum absolute atomic E-state index is 13.5. The van der Waals surface area contributed by atoms with Gasteiger partial charge in [-0.25, -0.2) is 4.98 Å². The van der Waals surface area contributed by atoms with Gasteiger partial charge >= 0.3 is 0 Å². The minimum atomic E-state index is -0.973. The third-order valence-electron chi connectivity index (χ3n) is 5.40. The number of Topliss-reactive ketones (excluding diaryl/α,β-unsaturated/α-hetero) is 1. The number of carbonyl (C=O) groups excluding carboxylic acids is 2. The number of rotatable bonds is 4. The zero-order valence-electron chi connectivity index (χ0n) is 16.4. The van der Waals surface area contributed by atoms with Crippen molar-refractivity contribution < 1.29 is 23.5 Å². The lowest BCUT2D eigenvalue weighted by Gasteiger charge is -2.21. The molecule has 1 atom stereocenters. The van der Waals surface area contributed by atoms with Gasteiger partial charge in [-0.1, -0.05) is 41.7 Å². The van der Waals surface area contributed by atoms with E-state index >= 15 is 0 Å². The molecule has 32 heavy (non-hydrogen) atoms. The summed E-state index contributed by atoms with van der Waals surface area (Å²) in [6, 6.07) is 18.6. The van der Waals surface area contributed by atoms with E-state index < -0.39 is 23.5 Å². The minimum absolute atomic E-state index is 0.0308. The highest BCUT2D eigenvalue weighted by Gasteiger charge is 2.47. The minimum Gasteiger partial charge on any atom is -0.503 e. The topological polar surface area (TPSA) is 96.8 Å². The molecular formula is C24H14N2O5S. The van der Waals surface area contributed by atoms with Crippen molar-refractivity contribution in [1.29, 1.82) is 0 Å². The van der Waals surface area contributed by atoms with E-state index in [9.17, 15) is 14.7 Å². The van der Waals surface area contributed by atoms with Gasteiger partial charge in [-0.3, -0.25) is 14.5 Å². The quantitative estimate of drug-likeness (QED) is 0.374. The number of carbonyl (C=O) groups is 2. The second-order valence-electron chi connectivity index (χ2n) is 7.30. The number of ketones is 1. The summed E-state index contributed by atoms with van der Waals surface area (Å²) in [7, 11) is 0. The number of hydrogen-bond donors (Lipinski definition) is 1. The van der Waals surface area contributed by atoms with Crippen LogP contribution in [-0.2, 0) is 4.79 Å². The van der Waals surface area contributed by atoms with Gasteiger partial charge in [0, 0.05) is 5.39 Å². The van der Waals surface area contributed by atoms with Gasteiger partial charge in [0.2, 0.25) is 5.78 Å². The number of benzene rings is 2. The Morgan fingerprint density at radius 2 is 1.88 bits per heavy atom. The van der Waals surface area contributed by atoms with Gasteiger partial charge < -0.3 is 13.9 Å². The molecule has 7 nitrogen and oxygen atoms in total. The van der Waals surface area contributed by atoms with Crippen molar-refractivity contribution >= 4 is 49.3 Å². The molecule has 3 aromatic heterocycles. The summed E-state index contributed by atoms with van der Waals surface area (Å²) in [6.07, 6.45) is 1.45. The second-order valence-corrected chi connectivity index (χ2v) is 8.31. The molecule has 5 aromatic rings. The van der Waals surface area contributed by atoms with Gasteiger partial charge in [0.25, 0.3) is 5.91 Å². The molecular weight excluding hydrogens is 428 g/mol. The summed E-state index contributed by atoms with van der Waals surface area (Å²) in [6.45, 7) is 0. The molecule has 156 valence electrons. The molecule has 1 unspecified atom stereocenters. The number of aromatic nitrogens is 1. The number of aliphatic hydroxyl groups excluding tert-OH is 1. The van der Waals surface area contributed by atoms with Crippen LogP contribution in [0.25, 0.3) is 21.2 Å². The molecule has 1 amide bonds. The van der Waals surface area contributed by atoms with Crippen LogP contribution in [0.1, 0.15) is 22.4 Å². The van der Waals surface area contributed by atoms with Gasteiger partial charge in [-0.05, 0) is 36.4 Å². The fourth-order valence-corrected chi connectivity index (χ4v) is 4.93. The zero-order chi connectivity index (χ0) is 21.8. The molecule has 1 N–H and O–H groups in total. The highest BCUT2D eigenvalue weighted by molar-refractivity contribution is 7.22. The Labute approximate surface area is 184 Å². The molecule has 1 aliphatic rings. The summed E-state index contributed by atoms with van der Waals surface area (Å²) < 4.78 is 12.2. The Bertz CT molecular complexity index is 1480. The first-order valence-electron chi connectivity index (χ1n) is 9.81. The molecule has 0 radical (unpaired) electrons. The normalized spacial score (nSPS) is 16.6. The van der Waals surface area contributed by atoms with Crippen molar-refractivity contribution in [3.63, 3.8) is 0 Å². The van der Waals surface area contributed by atoms with E-state index in [1.165, 1.54) is 22.5 Å². The Morgan fingerprint density at radius 3 is 2.66 bits per heavy atom. The third kappa shape index (κ3) is 2.70. The van der Waals surface area contributed by atoms with Crippen LogP contribution in [0.3, 0.4) is 0 Å². The van der Waals surface area contributed by atoms with Crippen molar-refractivity contribution in [3.8, 4) is 0 Å². The molecule has 0 aliphatic carbocycles. The SMILES string of the molecule is O=C(C1=C(O)C(=O)N(c2nc3ccccc3s2)C1c1ccco1)c1cc2ccccc2o1. The predicted molar refractivity (Wildman–Crippen MR) is 119 cm³/mol. The van der Waals surface area contributed by atoms with Crippen molar-refractivity contribution in [2.24, 2.45) is 0 Å². The van der Waals surface area contributed by atoms with E-state index in [1.807, 2.05) is 36.4 Å². The highest BCUT2D eigenvalue weighted by atomic mass is 32.1. The fourth-order valence-electron chi connectivity index (χ4n) is 3.94. The number of amides is 1. The summed E-state index contributed by atoms with van der Waals surface area (Å²) in [4.78, 5) is 32.5. The van der Waals surface area contributed by atoms with Gasteiger partial charge in [-0.15, -0.1) is 0 Å². The monoisotopic (exact) mass is 442 g/mol. The average Bonchev–Trinajstić information content (AvgIpc) is 3.59. The summed E-state index contributed by atoms with van der Waals surface area (Å²) in [5, 5.41) is 11.9. The van der Waals surface area contributed by atoms with Crippen molar-refractivity contribution in [3.05, 3.63) is 95.8 Å². The molecule has 1 aliphatic heterocycles. The first-order valence-corrected chi connectivity index (χ1v) is 10.6. The number of hydrogen-bond acceptors (Lipinski definition) is 7. The number of furan rings is 2. The first-order chi connectivity index (χ1) is 15.6. The molecule has 0 bridgehead atoms. The summed E-state index contributed by atoms with van der Waals surface area (Å²) in [5.41, 5.74) is 1.15. The molecule has 4 heterocycles. The Hall–Kier alpha value is -4.17. The molecule has 0 spiro atoms. The van der Waals surface area contributed by atoms with E-state index in [-0.39, 0.29) is 11.3 Å². The molecule has 8 heteroatoms. The Morgan fingerprint density at radius 1 is 1.06 bits per heavy atom. The van der Waals surface area contributed by atoms with E-state index in [0.717, 1.165) is 15.6 Å². The van der Waals surface area contributed by atoms with E-state index in [4.69, 9.17) is 8.83 Å². The third-order valence-corrected chi connectivity index (χ3v) is 6.44. The fraction of sp³-hybridized carbons (Fsp3) is 0.0417. The highest BCUT2D eigenvalue weighted by Crippen LogP contribution is 2.44. The van der Waals surface area contributed by atoms with Gasteiger partial charge in [0.05, 0.1) is 22.1 Å². The maximum atomic E-state index is 13.5. The van der Waals surface area contributed by atoms with E-state index in [0.29, 0.717) is 16.5 Å². The molecule has 0 saturated carbocycles. The van der Waals surface area contributed by atoms with Crippen LogP contribution >= 0.6 is 11.3 Å². The van der Waals surface area contributed by atoms with Crippen LogP contribution in [-0.4, -0.2) is 21.8 Å². The molecule has 2 aromatic carbocycles. The van der Waals surface area contributed by atoms with Gasteiger partial charge in [-0.2, -0.15) is 0 Å². The lowest BCUT2D eigenvalue weighted by atomic mass is 10.00. The van der Waals surface area contributed by atoms with Crippen LogP contribution in [0, 0.1) is 0 Å². The first kappa shape index (κ1) is 18.6. The number of nitrogens with zero attached hydrogens (tertiary/aromatic N) is 2. The number of fused-ring (bicyclic) bond motifs is 2. The van der Waals surface area contributed by atoms with Crippen LogP contribution in [0.4, 0.5) is 5.13 Å². The standard InChI is InChI=1S/C24H14N2O5S/c27-21(17-12-13-6-1-3-8-15(13)31-17)19-20(16-9-5-11-30-16)26(23(29)22(19)28)24-25-14-7-2-4-10-18(14)32-24/h1-12,20,28H. The molecule has 0 saturated heterocycles. The zero-order valence-corrected chi connectivity index (χ0v) is 17.2. The summed E-state index contributed by atoms with van der Waals surface area (Å²) in [5.74, 6) is -1.58. The predicted octanol–water partition coefficient (Wildman–Crippen LogP) is 5.42. The van der Waals surface area contributed by atoms with Crippen LogP contribution < -0.4 is 4.90 Å².